The molecule has 0 radical (unpaired) electrons. The van der Waals surface area contributed by atoms with E-state index in [9.17, 15) is 0 Å². The van der Waals surface area contributed by atoms with Gasteiger partial charge in [-0.1, -0.05) is 29.8 Å². The first-order valence-electron chi connectivity index (χ1n) is 8.33. The molecule has 2 unspecified atom stereocenters. The number of hydrogen-bond acceptors (Lipinski definition) is 2. The van der Waals surface area contributed by atoms with E-state index >= 15 is 0 Å². The standard InChI is InChI=1S/C19H22N4/c1-13-3-5-14(6-4-13)18-11-15(8-10-23(18)2)19-21-12-17-16(22-19)7-9-20-17/h3-7,9,12,15,18,20H,8,10-11H2,1-2H3/p+1. The zero-order chi connectivity index (χ0) is 15.8. The van der Waals surface area contributed by atoms with Crippen LogP contribution in [0, 0.1) is 6.92 Å². The molecule has 1 aromatic carbocycles. The van der Waals surface area contributed by atoms with Gasteiger partial charge in [0.15, 0.2) is 0 Å². The first-order valence-corrected chi connectivity index (χ1v) is 8.33. The fraction of sp³-hybridized carbons (Fsp3) is 0.368. The highest BCUT2D eigenvalue weighted by Gasteiger charge is 2.32. The fourth-order valence-corrected chi connectivity index (χ4v) is 3.61. The highest BCUT2D eigenvalue weighted by atomic mass is 15.1. The maximum atomic E-state index is 4.82. The van der Waals surface area contributed by atoms with Crippen molar-refractivity contribution in [2.75, 3.05) is 13.6 Å². The lowest BCUT2D eigenvalue weighted by molar-refractivity contribution is -0.397. The summed E-state index contributed by atoms with van der Waals surface area (Å²) in [6.45, 7) is 3.24. The molecular formula is C19H23N4+. The van der Waals surface area contributed by atoms with Gasteiger partial charge in [-0.05, 0) is 43.9 Å². The molecule has 118 valence electrons. The van der Waals surface area contributed by atoms with Crippen molar-refractivity contribution in [2.24, 2.45) is 0 Å². The summed E-state index contributed by atoms with van der Waals surface area (Å²) in [5, 5.41) is 0. The number of rotatable bonds is 2. The Morgan fingerprint density at radius 3 is 2.87 bits per heavy atom. The van der Waals surface area contributed by atoms with Crippen LogP contribution in [0.1, 0.15) is 41.8 Å². The summed E-state index contributed by atoms with van der Waals surface area (Å²) >= 11 is 0. The number of hydrogen-bond donors (Lipinski definition) is 1. The van der Waals surface area contributed by atoms with Crippen LogP contribution in [0.4, 0.5) is 0 Å². The van der Waals surface area contributed by atoms with E-state index in [0.717, 1.165) is 36.2 Å². The van der Waals surface area contributed by atoms with Crippen molar-refractivity contribution in [1.82, 2.24) is 14.9 Å². The van der Waals surface area contributed by atoms with Gasteiger partial charge < -0.3 is 4.98 Å². The predicted molar refractivity (Wildman–Crippen MR) is 91.2 cm³/mol. The normalized spacial score (nSPS) is 22.5. The second kappa shape index (κ2) is 5.78. The van der Waals surface area contributed by atoms with E-state index in [-0.39, 0.29) is 0 Å². The van der Waals surface area contributed by atoms with Crippen LogP contribution in [-0.4, -0.2) is 28.5 Å². The summed E-state index contributed by atoms with van der Waals surface area (Å²) in [5.41, 5.74) is 4.84. The molecule has 0 bridgehead atoms. The summed E-state index contributed by atoms with van der Waals surface area (Å²) in [4.78, 5) is 13.9. The van der Waals surface area contributed by atoms with Crippen molar-refractivity contribution in [2.45, 2.75) is 31.7 Å². The third-order valence-corrected chi connectivity index (χ3v) is 5.08. The zero-order valence-electron chi connectivity index (χ0n) is 13.7. The molecule has 23 heavy (non-hydrogen) atoms. The molecule has 4 rings (SSSR count). The van der Waals surface area contributed by atoms with Crippen molar-refractivity contribution >= 4 is 11.0 Å². The topological polar surface area (TPSA) is 46.1 Å². The number of benzene rings is 1. The molecule has 1 fully saturated rings. The third kappa shape index (κ3) is 2.75. The Morgan fingerprint density at radius 1 is 1.22 bits per heavy atom. The van der Waals surface area contributed by atoms with Gasteiger partial charge in [-0.25, -0.2) is 4.98 Å². The molecule has 2 N–H and O–H groups in total. The highest BCUT2D eigenvalue weighted by molar-refractivity contribution is 5.72. The van der Waals surface area contributed by atoms with Crippen LogP contribution in [-0.2, 0) is 0 Å². The van der Waals surface area contributed by atoms with Gasteiger partial charge >= 0.3 is 0 Å². The summed E-state index contributed by atoms with van der Waals surface area (Å²) < 4.78 is 0. The summed E-state index contributed by atoms with van der Waals surface area (Å²) in [6, 6.07) is 11.5. The van der Waals surface area contributed by atoms with Crippen LogP contribution in [0.3, 0.4) is 0 Å². The van der Waals surface area contributed by atoms with E-state index in [1.807, 2.05) is 18.5 Å². The van der Waals surface area contributed by atoms with E-state index in [1.165, 1.54) is 11.1 Å². The Labute approximate surface area is 136 Å². The minimum Gasteiger partial charge on any atom is -0.355 e. The number of likely N-dealkylation sites (tertiary alicyclic amines) is 1. The van der Waals surface area contributed by atoms with Crippen molar-refractivity contribution in [1.29, 1.82) is 0 Å². The number of aromatic nitrogens is 3. The number of fused-ring (bicyclic) bond motifs is 1. The molecule has 3 aromatic rings. The van der Waals surface area contributed by atoms with Gasteiger partial charge in [0.2, 0.25) is 5.52 Å². The predicted octanol–water partition coefficient (Wildman–Crippen LogP) is 3.24. The SMILES string of the molecule is Cc1ccc(C2CC(c3nc4cc[nH]c4c[nH+]3)CCN2C)cc1. The molecule has 1 saturated heterocycles. The zero-order valence-corrected chi connectivity index (χ0v) is 13.7. The number of nitrogens with one attached hydrogen (secondary N) is 2. The van der Waals surface area contributed by atoms with Crippen LogP contribution in [0.2, 0.25) is 0 Å². The monoisotopic (exact) mass is 307 g/mol. The quantitative estimate of drug-likeness (QED) is 0.790. The molecule has 0 aliphatic carbocycles. The first-order chi connectivity index (χ1) is 11.2. The second-order valence-corrected chi connectivity index (χ2v) is 6.69. The van der Waals surface area contributed by atoms with E-state index in [1.54, 1.807) is 0 Å². The molecule has 4 heteroatoms. The van der Waals surface area contributed by atoms with Gasteiger partial charge in [-0.15, -0.1) is 0 Å². The minimum absolute atomic E-state index is 0.464. The molecule has 2 aromatic heterocycles. The average molecular weight is 307 g/mol. The average Bonchev–Trinajstić information content (AvgIpc) is 3.04. The largest absolute Gasteiger partial charge is 0.355 e. The van der Waals surface area contributed by atoms with Crippen LogP contribution in [0.15, 0.2) is 42.7 Å². The molecule has 3 heterocycles. The molecule has 4 nitrogen and oxygen atoms in total. The summed E-state index contributed by atoms with van der Waals surface area (Å²) in [7, 11) is 2.23. The lowest BCUT2D eigenvalue weighted by Crippen LogP contribution is -2.35. The van der Waals surface area contributed by atoms with Crippen molar-refractivity contribution in [3.63, 3.8) is 0 Å². The highest BCUT2D eigenvalue weighted by Crippen LogP contribution is 2.37. The van der Waals surface area contributed by atoms with Crippen molar-refractivity contribution in [3.8, 4) is 0 Å². The van der Waals surface area contributed by atoms with Crippen LogP contribution >= 0.6 is 0 Å². The van der Waals surface area contributed by atoms with Gasteiger partial charge in [-0.2, -0.15) is 0 Å². The number of piperidine rings is 1. The van der Waals surface area contributed by atoms with Crippen LogP contribution in [0.5, 0.6) is 0 Å². The molecule has 1 aliphatic rings. The van der Waals surface area contributed by atoms with E-state index in [2.05, 4.69) is 53.1 Å². The second-order valence-electron chi connectivity index (χ2n) is 6.69. The van der Waals surface area contributed by atoms with E-state index in [4.69, 9.17) is 4.98 Å². The molecule has 1 aliphatic heterocycles. The Hall–Kier alpha value is -2.20. The maximum Gasteiger partial charge on any atom is 0.300 e. The Bertz CT molecular complexity index is 806. The lowest BCUT2D eigenvalue weighted by Gasteiger charge is -2.35. The Morgan fingerprint density at radius 2 is 2.04 bits per heavy atom. The maximum absolute atomic E-state index is 4.82. The first kappa shape index (κ1) is 14.4. The number of aromatic amines is 2. The van der Waals surface area contributed by atoms with Gasteiger partial charge in [-0.3, -0.25) is 4.90 Å². The van der Waals surface area contributed by atoms with Gasteiger partial charge in [0.25, 0.3) is 5.82 Å². The molecule has 2 atom stereocenters. The molecule has 0 spiro atoms. The van der Waals surface area contributed by atoms with E-state index in [0.29, 0.717) is 12.0 Å². The Kier molecular flexibility index (Phi) is 3.62. The smallest absolute Gasteiger partial charge is 0.300 e. The van der Waals surface area contributed by atoms with Gasteiger partial charge in [0.1, 0.15) is 11.7 Å². The summed E-state index contributed by atoms with van der Waals surface area (Å²) in [5.74, 6) is 1.60. The van der Waals surface area contributed by atoms with Crippen LogP contribution in [0.25, 0.3) is 11.0 Å². The fourth-order valence-electron chi connectivity index (χ4n) is 3.61. The van der Waals surface area contributed by atoms with E-state index < -0.39 is 0 Å². The minimum atomic E-state index is 0.464. The summed E-state index contributed by atoms with van der Waals surface area (Å²) in [6.07, 6.45) is 6.24. The van der Waals surface area contributed by atoms with Crippen molar-refractivity contribution < 1.29 is 4.98 Å². The molecular weight excluding hydrogens is 284 g/mol. The lowest BCUT2D eigenvalue weighted by atomic mass is 9.86. The van der Waals surface area contributed by atoms with Crippen LogP contribution < -0.4 is 4.98 Å². The molecule has 0 saturated carbocycles. The van der Waals surface area contributed by atoms with Gasteiger partial charge in [0.05, 0.1) is 5.92 Å². The van der Waals surface area contributed by atoms with Gasteiger partial charge in [0, 0.05) is 18.3 Å². The van der Waals surface area contributed by atoms with Crippen molar-refractivity contribution in [3.05, 3.63) is 59.7 Å². The third-order valence-electron chi connectivity index (χ3n) is 5.08. The number of H-pyrrole nitrogens is 2. The Balaban J connectivity index is 1.61. The number of nitrogens with zero attached hydrogens (tertiary/aromatic N) is 2. The molecule has 0 amide bonds. The number of aryl methyl sites for hydroxylation is 1.